The lowest BCUT2D eigenvalue weighted by molar-refractivity contribution is -0.116. The fourth-order valence-corrected chi connectivity index (χ4v) is 3.98. The minimum atomic E-state index is -0.0406. The Labute approximate surface area is 198 Å². The van der Waals surface area contributed by atoms with Gasteiger partial charge in [0.15, 0.2) is 11.5 Å². The van der Waals surface area contributed by atoms with E-state index in [1.807, 2.05) is 37.3 Å². The molecule has 0 spiro atoms. The number of carbonyl (C=O) groups is 1. The summed E-state index contributed by atoms with van der Waals surface area (Å²) < 4.78 is 5.22. The van der Waals surface area contributed by atoms with Gasteiger partial charge in [0.05, 0.1) is 41.1 Å². The number of nitrogens with one attached hydrogen (secondary N) is 3. The fourth-order valence-electron chi connectivity index (χ4n) is 3.98. The van der Waals surface area contributed by atoms with Crippen LogP contribution in [0.3, 0.4) is 0 Å². The molecule has 172 valence electrons. The zero-order valence-corrected chi connectivity index (χ0v) is 18.7. The molecule has 0 saturated heterocycles. The van der Waals surface area contributed by atoms with Crippen molar-refractivity contribution < 1.29 is 9.21 Å². The van der Waals surface area contributed by atoms with Crippen molar-refractivity contribution in [2.24, 2.45) is 0 Å². The van der Waals surface area contributed by atoms with E-state index in [9.17, 15) is 4.79 Å². The summed E-state index contributed by atoms with van der Waals surface area (Å²) in [5.41, 5.74) is 7.27. The number of rotatable bonds is 6. The van der Waals surface area contributed by atoms with Crippen LogP contribution >= 0.6 is 0 Å². The van der Waals surface area contributed by atoms with Crippen molar-refractivity contribution in [2.75, 3.05) is 5.32 Å². The lowest BCUT2D eigenvalue weighted by Crippen LogP contribution is -2.10. The number of furan rings is 1. The van der Waals surface area contributed by atoms with E-state index in [-0.39, 0.29) is 5.91 Å². The maximum absolute atomic E-state index is 12.0. The number of carbonyl (C=O) groups excluding carboxylic acids is 1. The minimum absolute atomic E-state index is 0.0406. The average molecular weight is 464 g/mol. The zero-order valence-electron chi connectivity index (χ0n) is 18.7. The molecule has 6 aromatic rings. The van der Waals surface area contributed by atoms with Crippen molar-refractivity contribution in [2.45, 2.75) is 19.8 Å². The number of aromatic amines is 2. The maximum atomic E-state index is 12.0. The third kappa shape index (κ3) is 3.80. The molecule has 0 saturated carbocycles. The number of fused-ring (bicyclic) bond motifs is 2. The molecule has 0 fully saturated rings. The molecule has 3 N–H and O–H groups in total. The van der Waals surface area contributed by atoms with Crippen LogP contribution in [-0.4, -0.2) is 41.0 Å². The van der Waals surface area contributed by atoms with Gasteiger partial charge in [-0.2, -0.15) is 5.10 Å². The Morgan fingerprint density at radius 2 is 1.94 bits per heavy atom. The number of nitrogens with zero attached hydrogens (tertiary/aromatic N) is 5. The molecule has 0 aliphatic heterocycles. The summed E-state index contributed by atoms with van der Waals surface area (Å²) >= 11 is 0. The number of H-pyrrole nitrogens is 2. The fraction of sp³-hybridized carbons (Fsp3) is 0.120. The standard InChI is InChI=1S/C25H20N8O2/c1-2-3-20(34)28-16-10-15(11-26-12-16)17-4-5-19-23(29-17)24(33-32-19)25-30-18-6-8-27-21(22(18)31-25)14-7-9-35-13-14/h4-13H,2-3H2,1H3,(H,28,34)(H,30,31)(H,32,33). The normalized spacial score (nSPS) is 11.3. The molecule has 0 aliphatic carbocycles. The van der Waals surface area contributed by atoms with Crippen LogP contribution in [-0.2, 0) is 4.79 Å². The first-order valence-corrected chi connectivity index (χ1v) is 11.2. The molecule has 0 radical (unpaired) electrons. The van der Waals surface area contributed by atoms with Crippen molar-refractivity contribution >= 4 is 33.7 Å². The summed E-state index contributed by atoms with van der Waals surface area (Å²) in [4.78, 5) is 33.7. The van der Waals surface area contributed by atoms with Gasteiger partial charge in [0.25, 0.3) is 0 Å². The Kier molecular flexibility index (Phi) is 5.03. The van der Waals surface area contributed by atoms with Gasteiger partial charge in [-0.3, -0.25) is 19.9 Å². The SMILES string of the molecule is CCCC(=O)Nc1cncc(-c2ccc3[nH]nc(-c4nc5c(-c6ccoc6)nccc5[nH]4)c3n2)c1. The van der Waals surface area contributed by atoms with Gasteiger partial charge >= 0.3 is 0 Å². The molecule has 0 bridgehead atoms. The first-order valence-electron chi connectivity index (χ1n) is 11.2. The molecule has 6 rings (SSSR count). The predicted molar refractivity (Wildman–Crippen MR) is 131 cm³/mol. The molecule has 0 unspecified atom stereocenters. The molecule has 10 nitrogen and oxygen atoms in total. The van der Waals surface area contributed by atoms with Gasteiger partial charge in [-0.15, -0.1) is 0 Å². The lowest BCUT2D eigenvalue weighted by atomic mass is 10.1. The van der Waals surface area contributed by atoms with Crippen molar-refractivity contribution in [1.29, 1.82) is 0 Å². The summed E-state index contributed by atoms with van der Waals surface area (Å²) in [5.74, 6) is 0.536. The predicted octanol–water partition coefficient (Wildman–Crippen LogP) is 4.96. The van der Waals surface area contributed by atoms with Crippen molar-refractivity contribution in [1.82, 2.24) is 35.1 Å². The van der Waals surface area contributed by atoms with Gasteiger partial charge < -0.3 is 14.7 Å². The number of aromatic nitrogens is 7. The Bertz CT molecular complexity index is 1670. The summed E-state index contributed by atoms with van der Waals surface area (Å²) in [6.07, 6.45) is 9.55. The molecule has 0 aromatic carbocycles. The third-order valence-electron chi connectivity index (χ3n) is 5.62. The third-order valence-corrected chi connectivity index (χ3v) is 5.62. The first-order chi connectivity index (χ1) is 17.2. The van der Waals surface area contributed by atoms with Crippen molar-refractivity contribution in [3.8, 4) is 34.0 Å². The zero-order chi connectivity index (χ0) is 23.8. The van der Waals surface area contributed by atoms with E-state index < -0.39 is 0 Å². The summed E-state index contributed by atoms with van der Waals surface area (Å²) in [6.45, 7) is 1.96. The molecule has 35 heavy (non-hydrogen) atoms. The maximum Gasteiger partial charge on any atom is 0.224 e. The molecular formula is C25H20N8O2. The molecule has 10 heteroatoms. The van der Waals surface area contributed by atoms with Crippen LogP contribution in [0.25, 0.3) is 56.1 Å². The summed E-state index contributed by atoms with van der Waals surface area (Å²) in [7, 11) is 0. The van der Waals surface area contributed by atoms with Gasteiger partial charge in [0, 0.05) is 29.9 Å². The highest BCUT2D eigenvalue weighted by molar-refractivity contribution is 5.95. The van der Waals surface area contributed by atoms with Gasteiger partial charge in [-0.05, 0) is 36.8 Å². The Morgan fingerprint density at radius 1 is 1.03 bits per heavy atom. The molecular weight excluding hydrogens is 444 g/mol. The van der Waals surface area contributed by atoms with E-state index in [4.69, 9.17) is 14.4 Å². The number of imidazole rings is 1. The average Bonchev–Trinajstić information content (AvgIpc) is 3.63. The monoisotopic (exact) mass is 464 g/mol. The van der Waals surface area contributed by atoms with Gasteiger partial charge in [0.1, 0.15) is 16.7 Å². The minimum Gasteiger partial charge on any atom is -0.472 e. The summed E-state index contributed by atoms with van der Waals surface area (Å²) in [5, 5.41) is 10.4. The molecule has 6 heterocycles. The lowest BCUT2D eigenvalue weighted by Gasteiger charge is -2.06. The molecule has 1 amide bonds. The van der Waals surface area contributed by atoms with E-state index in [0.29, 0.717) is 34.8 Å². The molecule has 0 atom stereocenters. The smallest absolute Gasteiger partial charge is 0.224 e. The van der Waals surface area contributed by atoms with Crippen LogP contribution < -0.4 is 5.32 Å². The second-order valence-electron chi connectivity index (χ2n) is 8.08. The molecule has 0 aliphatic rings. The Hall–Kier alpha value is -4.86. The number of hydrogen-bond donors (Lipinski definition) is 3. The van der Waals surface area contributed by atoms with Gasteiger partial charge in [-0.25, -0.2) is 9.97 Å². The number of amides is 1. The number of pyridine rings is 3. The summed E-state index contributed by atoms with van der Waals surface area (Å²) in [6, 6.07) is 9.38. The quantitative estimate of drug-likeness (QED) is 0.317. The van der Waals surface area contributed by atoms with E-state index >= 15 is 0 Å². The Balaban J connectivity index is 1.40. The highest BCUT2D eigenvalue weighted by Crippen LogP contribution is 2.31. The van der Waals surface area contributed by atoms with Crippen molar-refractivity contribution in [3.63, 3.8) is 0 Å². The second kappa shape index (κ2) is 8.49. The number of hydrogen-bond acceptors (Lipinski definition) is 7. The van der Waals surface area contributed by atoms with Crippen LogP contribution in [0, 0.1) is 0 Å². The van der Waals surface area contributed by atoms with Crippen molar-refractivity contribution in [3.05, 3.63) is 61.4 Å². The van der Waals surface area contributed by atoms with E-state index in [0.717, 1.165) is 39.8 Å². The first kappa shape index (κ1) is 20.7. The van der Waals surface area contributed by atoms with Crippen LogP contribution in [0.15, 0.2) is 65.9 Å². The number of anilines is 1. The largest absolute Gasteiger partial charge is 0.472 e. The van der Waals surface area contributed by atoms with Gasteiger partial charge in [0.2, 0.25) is 5.91 Å². The molecule has 6 aromatic heterocycles. The highest BCUT2D eigenvalue weighted by atomic mass is 16.3. The van der Waals surface area contributed by atoms with E-state index in [1.54, 1.807) is 31.1 Å². The van der Waals surface area contributed by atoms with Crippen LogP contribution in [0.4, 0.5) is 5.69 Å². The van der Waals surface area contributed by atoms with Crippen LogP contribution in [0.5, 0.6) is 0 Å². The topological polar surface area (TPSA) is 138 Å². The van der Waals surface area contributed by atoms with E-state index in [2.05, 4.69) is 30.5 Å². The van der Waals surface area contributed by atoms with Crippen LogP contribution in [0.1, 0.15) is 19.8 Å². The van der Waals surface area contributed by atoms with Gasteiger partial charge in [-0.1, -0.05) is 6.92 Å². The second-order valence-corrected chi connectivity index (χ2v) is 8.08. The van der Waals surface area contributed by atoms with E-state index in [1.165, 1.54) is 0 Å². The van der Waals surface area contributed by atoms with Crippen LogP contribution in [0.2, 0.25) is 0 Å². The highest BCUT2D eigenvalue weighted by Gasteiger charge is 2.18. The Morgan fingerprint density at radius 3 is 2.80 bits per heavy atom.